The fourth-order valence-corrected chi connectivity index (χ4v) is 1.95. The van der Waals surface area contributed by atoms with Crippen molar-refractivity contribution in [3.8, 4) is 0 Å². The van der Waals surface area contributed by atoms with Gasteiger partial charge in [0.2, 0.25) is 0 Å². The Hall–Kier alpha value is -1.12. The van der Waals surface area contributed by atoms with Gasteiger partial charge in [0.05, 0.1) is 5.41 Å². The van der Waals surface area contributed by atoms with E-state index < -0.39 is 0 Å². The molecule has 1 aromatic rings. The van der Waals surface area contributed by atoms with Crippen molar-refractivity contribution in [2.24, 2.45) is 0 Å². The quantitative estimate of drug-likeness (QED) is 0.672. The van der Waals surface area contributed by atoms with Crippen molar-refractivity contribution in [2.45, 2.75) is 31.1 Å². The number of imidazole rings is 1. The summed E-state index contributed by atoms with van der Waals surface area (Å²) in [5.41, 5.74) is -0.288. The van der Waals surface area contributed by atoms with Gasteiger partial charge in [-0.2, -0.15) is 0 Å². The Bertz CT molecular complexity index is 260. The maximum Gasteiger partial charge on any atom is 0.133 e. The van der Waals surface area contributed by atoms with Gasteiger partial charge in [0.1, 0.15) is 12.1 Å². The summed E-state index contributed by atoms with van der Waals surface area (Å²) < 4.78 is 0. The minimum atomic E-state index is -0.288. The lowest BCUT2D eigenvalue weighted by Crippen LogP contribution is -2.25. The van der Waals surface area contributed by atoms with Crippen LogP contribution in [0.1, 0.15) is 31.5 Å². The van der Waals surface area contributed by atoms with Crippen LogP contribution in [0.2, 0.25) is 0 Å². The van der Waals surface area contributed by atoms with Crippen molar-refractivity contribution in [2.75, 3.05) is 0 Å². The molecule has 64 valence electrons. The van der Waals surface area contributed by atoms with E-state index in [4.69, 9.17) is 0 Å². The average molecular weight is 164 g/mol. The van der Waals surface area contributed by atoms with Crippen LogP contribution in [-0.2, 0) is 10.2 Å². The van der Waals surface area contributed by atoms with Crippen molar-refractivity contribution in [1.82, 2.24) is 9.97 Å². The molecule has 1 N–H and O–H groups in total. The zero-order chi connectivity index (χ0) is 8.44. The lowest BCUT2D eigenvalue weighted by atomic mass is 9.87. The third-order valence-electron chi connectivity index (χ3n) is 2.69. The number of aldehydes is 1. The van der Waals surface area contributed by atoms with Crippen LogP contribution in [0, 0.1) is 0 Å². The van der Waals surface area contributed by atoms with Gasteiger partial charge in [-0.1, -0.05) is 12.8 Å². The van der Waals surface area contributed by atoms with Crippen molar-refractivity contribution in [3.63, 3.8) is 0 Å². The van der Waals surface area contributed by atoms with E-state index in [0.29, 0.717) is 0 Å². The van der Waals surface area contributed by atoms with Crippen LogP contribution in [0.25, 0.3) is 0 Å². The molecule has 1 fully saturated rings. The SMILES string of the molecule is O=CC1(c2ncc[nH]2)CCCC1. The zero-order valence-electron chi connectivity index (χ0n) is 6.92. The molecule has 2 rings (SSSR count). The molecule has 1 saturated carbocycles. The summed E-state index contributed by atoms with van der Waals surface area (Å²) in [7, 11) is 0. The molecule has 12 heavy (non-hydrogen) atoms. The first-order valence-corrected chi connectivity index (χ1v) is 4.34. The standard InChI is InChI=1S/C9H12N2O/c12-7-9(3-1-2-4-9)8-10-5-6-11-8/h5-7H,1-4H2,(H,10,11). The van der Waals surface area contributed by atoms with Gasteiger partial charge in [-0.05, 0) is 12.8 Å². The van der Waals surface area contributed by atoms with Crippen molar-refractivity contribution >= 4 is 6.29 Å². The molecule has 0 bridgehead atoms. The van der Waals surface area contributed by atoms with Gasteiger partial charge >= 0.3 is 0 Å². The molecular weight excluding hydrogens is 152 g/mol. The summed E-state index contributed by atoms with van der Waals surface area (Å²) in [5, 5.41) is 0. The molecule has 1 aromatic heterocycles. The summed E-state index contributed by atoms with van der Waals surface area (Å²) in [6.07, 6.45) is 8.71. The minimum Gasteiger partial charge on any atom is -0.348 e. The second-order valence-electron chi connectivity index (χ2n) is 3.42. The highest BCUT2D eigenvalue weighted by atomic mass is 16.1. The van der Waals surface area contributed by atoms with Crippen molar-refractivity contribution in [1.29, 1.82) is 0 Å². The van der Waals surface area contributed by atoms with E-state index in [1.165, 1.54) is 0 Å². The Morgan fingerprint density at radius 2 is 2.25 bits per heavy atom. The molecule has 0 atom stereocenters. The fourth-order valence-electron chi connectivity index (χ4n) is 1.95. The molecule has 0 spiro atoms. The topological polar surface area (TPSA) is 45.8 Å². The summed E-state index contributed by atoms with van der Waals surface area (Å²) in [5.74, 6) is 0.843. The molecule has 0 unspecified atom stereocenters. The summed E-state index contributed by atoms with van der Waals surface area (Å²) >= 11 is 0. The lowest BCUT2D eigenvalue weighted by Gasteiger charge is -2.17. The van der Waals surface area contributed by atoms with E-state index in [2.05, 4.69) is 9.97 Å². The predicted molar refractivity (Wildman–Crippen MR) is 44.8 cm³/mol. The third-order valence-corrected chi connectivity index (χ3v) is 2.69. The van der Waals surface area contributed by atoms with Crippen LogP contribution in [0.15, 0.2) is 12.4 Å². The molecule has 0 radical (unpaired) electrons. The number of carbonyl (C=O) groups excluding carboxylic acids is 1. The Labute approximate surface area is 71.2 Å². The van der Waals surface area contributed by atoms with Crippen LogP contribution in [-0.4, -0.2) is 16.3 Å². The number of carbonyl (C=O) groups is 1. The van der Waals surface area contributed by atoms with Gasteiger partial charge in [-0.3, -0.25) is 0 Å². The molecular formula is C9H12N2O. The van der Waals surface area contributed by atoms with Gasteiger partial charge in [0.15, 0.2) is 0 Å². The van der Waals surface area contributed by atoms with Crippen molar-refractivity contribution in [3.05, 3.63) is 18.2 Å². The second-order valence-corrected chi connectivity index (χ2v) is 3.42. The highest BCUT2D eigenvalue weighted by molar-refractivity contribution is 5.67. The number of aromatic nitrogens is 2. The molecule has 3 heteroatoms. The normalized spacial score (nSPS) is 21.0. The molecule has 1 aliphatic carbocycles. The second kappa shape index (κ2) is 2.73. The van der Waals surface area contributed by atoms with Crippen LogP contribution in [0.3, 0.4) is 0 Å². The van der Waals surface area contributed by atoms with Gasteiger partial charge in [0.25, 0.3) is 0 Å². The van der Waals surface area contributed by atoms with Gasteiger partial charge in [0, 0.05) is 12.4 Å². The first-order valence-electron chi connectivity index (χ1n) is 4.34. The lowest BCUT2D eigenvalue weighted by molar-refractivity contribution is -0.112. The van der Waals surface area contributed by atoms with E-state index in [1.54, 1.807) is 12.4 Å². The first-order chi connectivity index (χ1) is 5.87. The van der Waals surface area contributed by atoms with E-state index in [-0.39, 0.29) is 5.41 Å². The highest BCUT2D eigenvalue weighted by Crippen LogP contribution is 2.37. The number of nitrogens with one attached hydrogen (secondary N) is 1. The van der Waals surface area contributed by atoms with Crippen LogP contribution in [0.4, 0.5) is 0 Å². The minimum absolute atomic E-state index is 0.288. The molecule has 0 aromatic carbocycles. The zero-order valence-corrected chi connectivity index (χ0v) is 6.92. The molecule has 1 aliphatic rings. The molecule has 0 saturated heterocycles. The van der Waals surface area contributed by atoms with E-state index in [9.17, 15) is 4.79 Å². The summed E-state index contributed by atoms with van der Waals surface area (Å²) in [4.78, 5) is 18.2. The maximum atomic E-state index is 11.0. The van der Waals surface area contributed by atoms with E-state index in [1.807, 2.05) is 0 Å². The molecule has 0 aliphatic heterocycles. The smallest absolute Gasteiger partial charge is 0.133 e. The van der Waals surface area contributed by atoms with Gasteiger partial charge in [-0.25, -0.2) is 4.98 Å². The van der Waals surface area contributed by atoms with E-state index in [0.717, 1.165) is 37.8 Å². The number of rotatable bonds is 2. The summed E-state index contributed by atoms with van der Waals surface area (Å²) in [6, 6.07) is 0. The molecule has 1 heterocycles. The Morgan fingerprint density at radius 3 is 2.75 bits per heavy atom. The van der Waals surface area contributed by atoms with E-state index >= 15 is 0 Å². The Balaban J connectivity index is 2.34. The Morgan fingerprint density at radius 1 is 1.50 bits per heavy atom. The summed E-state index contributed by atoms with van der Waals surface area (Å²) in [6.45, 7) is 0. The predicted octanol–water partition coefficient (Wildman–Crippen LogP) is 1.42. The van der Waals surface area contributed by atoms with Crippen molar-refractivity contribution < 1.29 is 4.79 Å². The molecule has 0 amide bonds. The van der Waals surface area contributed by atoms with Crippen LogP contribution < -0.4 is 0 Å². The number of hydrogen-bond donors (Lipinski definition) is 1. The molecule has 3 nitrogen and oxygen atoms in total. The monoisotopic (exact) mass is 164 g/mol. The first kappa shape index (κ1) is 7.53. The van der Waals surface area contributed by atoms with Crippen LogP contribution in [0.5, 0.6) is 0 Å². The number of hydrogen-bond acceptors (Lipinski definition) is 2. The Kier molecular flexibility index (Phi) is 1.71. The fraction of sp³-hybridized carbons (Fsp3) is 0.556. The number of H-pyrrole nitrogens is 1. The number of aromatic amines is 1. The third kappa shape index (κ3) is 0.967. The number of nitrogens with zero attached hydrogens (tertiary/aromatic N) is 1. The van der Waals surface area contributed by atoms with Gasteiger partial charge in [-0.15, -0.1) is 0 Å². The maximum absolute atomic E-state index is 11.0. The highest BCUT2D eigenvalue weighted by Gasteiger charge is 2.37. The van der Waals surface area contributed by atoms with Gasteiger partial charge < -0.3 is 9.78 Å². The average Bonchev–Trinajstić information content (AvgIpc) is 2.76. The largest absolute Gasteiger partial charge is 0.348 e. The van der Waals surface area contributed by atoms with Crippen LogP contribution >= 0.6 is 0 Å².